The second-order valence-corrected chi connectivity index (χ2v) is 6.54. The van der Waals surface area contributed by atoms with Crippen molar-refractivity contribution in [3.05, 3.63) is 29.8 Å². The zero-order valence-electron chi connectivity index (χ0n) is 13.2. The zero-order chi connectivity index (χ0) is 15.5. The molecule has 0 radical (unpaired) electrons. The highest BCUT2D eigenvalue weighted by Gasteiger charge is 2.28. The first-order chi connectivity index (χ1) is 10.6. The number of aryl methyl sites for hydroxylation is 1. The van der Waals surface area contributed by atoms with Gasteiger partial charge in [-0.3, -0.25) is 9.59 Å². The number of nitrogens with zero attached hydrogens (tertiary/aromatic N) is 1. The van der Waals surface area contributed by atoms with E-state index >= 15 is 0 Å². The number of carbonyl (C=O) groups excluding carboxylic acids is 2. The minimum absolute atomic E-state index is 0.0381. The van der Waals surface area contributed by atoms with Gasteiger partial charge < -0.3 is 10.2 Å². The van der Waals surface area contributed by atoms with Crippen molar-refractivity contribution >= 4 is 17.5 Å². The van der Waals surface area contributed by atoms with Crippen LogP contribution in [0.2, 0.25) is 0 Å². The molecule has 2 aliphatic rings. The topological polar surface area (TPSA) is 49.4 Å². The summed E-state index contributed by atoms with van der Waals surface area (Å²) in [6, 6.07) is 8.14. The van der Waals surface area contributed by atoms with E-state index in [0.29, 0.717) is 12.3 Å². The Bertz CT molecular complexity index is 570. The van der Waals surface area contributed by atoms with E-state index in [-0.39, 0.29) is 24.4 Å². The number of hydrogen-bond donors (Lipinski definition) is 1. The lowest BCUT2D eigenvalue weighted by Crippen LogP contribution is -2.48. The van der Waals surface area contributed by atoms with Crippen LogP contribution in [-0.4, -0.2) is 24.4 Å². The fourth-order valence-electron chi connectivity index (χ4n) is 3.60. The van der Waals surface area contributed by atoms with Crippen LogP contribution >= 0.6 is 0 Å². The van der Waals surface area contributed by atoms with Crippen LogP contribution in [0.3, 0.4) is 0 Å². The zero-order valence-corrected chi connectivity index (χ0v) is 13.2. The summed E-state index contributed by atoms with van der Waals surface area (Å²) in [4.78, 5) is 26.2. The number of nitrogens with one attached hydrogen (secondary N) is 1. The predicted molar refractivity (Wildman–Crippen MR) is 86.7 cm³/mol. The van der Waals surface area contributed by atoms with Gasteiger partial charge in [0.2, 0.25) is 11.8 Å². The average molecular weight is 300 g/mol. The first-order valence-electron chi connectivity index (χ1n) is 8.33. The third-order valence-electron chi connectivity index (χ3n) is 4.95. The molecule has 1 N–H and O–H groups in total. The molecule has 0 saturated heterocycles. The molecule has 0 aromatic heterocycles. The lowest BCUT2D eigenvalue weighted by molar-refractivity contribution is -0.124. The number of anilines is 1. The van der Waals surface area contributed by atoms with Gasteiger partial charge in [-0.25, -0.2) is 0 Å². The SMILES string of the molecule is C[C@H]1CCCC[C@@H]1NC(=O)CN1C(=O)CCc2ccccc21. The van der Waals surface area contributed by atoms with E-state index < -0.39 is 0 Å². The second kappa shape index (κ2) is 6.51. The first kappa shape index (κ1) is 15.1. The molecule has 0 spiro atoms. The van der Waals surface area contributed by atoms with Crippen LogP contribution in [0.1, 0.15) is 44.6 Å². The van der Waals surface area contributed by atoms with Gasteiger partial charge in [0, 0.05) is 18.2 Å². The fraction of sp³-hybridized carbons (Fsp3) is 0.556. The van der Waals surface area contributed by atoms with E-state index in [9.17, 15) is 9.59 Å². The van der Waals surface area contributed by atoms with Gasteiger partial charge in [-0.1, -0.05) is 38.0 Å². The molecule has 1 aliphatic heterocycles. The number of fused-ring (bicyclic) bond motifs is 1. The summed E-state index contributed by atoms with van der Waals surface area (Å²) in [5.41, 5.74) is 2.05. The summed E-state index contributed by atoms with van der Waals surface area (Å²) in [5.74, 6) is 0.538. The van der Waals surface area contributed by atoms with Crippen LogP contribution in [0, 0.1) is 5.92 Å². The van der Waals surface area contributed by atoms with E-state index in [2.05, 4.69) is 12.2 Å². The van der Waals surface area contributed by atoms with E-state index in [1.165, 1.54) is 19.3 Å². The van der Waals surface area contributed by atoms with E-state index in [1.54, 1.807) is 4.90 Å². The molecule has 22 heavy (non-hydrogen) atoms. The molecule has 1 aromatic rings. The summed E-state index contributed by atoms with van der Waals surface area (Å²) in [6.07, 6.45) is 5.93. The van der Waals surface area contributed by atoms with Gasteiger partial charge in [0.25, 0.3) is 0 Å². The van der Waals surface area contributed by atoms with Crippen molar-refractivity contribution in [1.29, 1.82) is 0 Å². The van der Waals surface area contributed by atoms with Crippen molar-refractivity contribution in [2.24, 2.45) is 5.92 Å². The molecule has 1 aliphatic carbocycles. The third kappa shape index (κ3) is 3.16. The van der Waals surface area contributed by atoms with Crippen molar-refractivity contribution in [2.45, 2.75) is 51.5 Å². The molecule has 1 aromatic carbocycles. The molecule has 1 heterocycles. The number of amides is 2. The highest BCUT2D eigenvalue weighted by molar-refractivity contribution is 6.01. The van der Waals surface area contributed by atoms with Gasteiger partial charge in [-0.15, -0.1) is 0 Å². The standard InChI is InChI=1S/C18H24N2O2/c1-13-6-2-4-8-15(13)19-17(21)12-20-16-9-5-3-7-14(16)10-11-18(20)22/h3,5,7,9,13,15H,2,4,6,8,10-12H2,1H3,(H,19,21)/t13-,15-/m0/s1. The van der Waals surface area contributed by atoms with Gasteiger partial charge in [0.1, 0.15) is 6.54 Å². The lowest BCUT2D eigenvalue weighted by Gasteiger charge is -2.32. The van der Waals surface area contributed by atoms with Gasteiger partial charge >= 0.3 is 0 Å². The normalized spacial score (nSPS) is 24.8. The molecule has 1 fully saturated rings. The maximum absolute atomic E-state index is 12.4. The highest BCUT2D eigenvalue weighted by Crippen LogP contribution is 2.27. The molecule has 3 rings (SSSR count). The van der Waals surface area contributed by atoms with Crippen LogP contribution in [0.5, 0.6) is 0 Å². The fourth-order valence-corrected chi connectivity index (χ4v) is 3.60. The number of para-hydroxylation sites is 1. The van der Waals surface area contributed by atoms with Crippen molar-refractivity contribution in [2.75, 3.05) is 11.4 Å². The van der Waals surface area contributed by atoms with Crippen LogP contribution in [0.15, 0.2) is 24.3 Å². The van der Waals surface area contributed by atoms with Gasteiger partial charge in [0.05, 0.1) is 0 Å². The largest absolute Gasteiger partial charge is 0.352 e. The molecule has 0 bridgehead atoms. The van der Waals surface area contributed by atoms with Crippen LogP contribution in [-0.2, 0) is 16.0 Å². The quantitative estimate of drug-likeness (QED) is 0.933. The summed E-state index contributed by atoms with van der Waals surface area (Å²) in [6.45, 7) is 2.34. The molecule has 4 heteroatoms. The Morgan fingerprint density at radius 3 is 2.82 bits per heavy atom. The third-order valence-corrected chi connectivity index (χ3v) is 4.95. The van der Waals surface area contributed by atoms with Crippen LogP contribution in [0.25, 0.3) is 0 Å². The molecule has 2 atom stereocenters. The summed E-state index contributed by atoms with van der Waals surface area (Å²) < 4.78 is 0. The van der Waals surface area contributed by atoms with Gasteiger partial charge in [-0.2, -0.15) is 0 Å². The number of carbonyl (C=O) groups is 2. The maximum Gasteiger partial charge on any atom is 0.240 e. The molecule has 1 saturated carbocycles. The van der Waals surface area contributed by atoms with Crippen LogP contribution in [0.4, 0.5) is 5.69 Å². The van der Waals surface area contributed by atoms with E-state index in [4.69, 9.17) is 0 Å². The van der Waals surface area contributed by atoms with Crippen molar-refractivity contribution in [3.8, 4) is 0 Å². The van der Waals surface area contributed by atoms with Crippen molar-refractivity contribution < 1.29 is 9.59 Å². The molecule has 118 valence electrons. The number of hydrogen-bond acceptors (Lipinski definition) is 2. The highest BCUT2D eigenvalue weighted by atomic mass is 16.2. The molecular weight excluding hydrogens is 276 g/mol. The van der Waals surface area contributed by atoms with E-state index in [1.807, 2.05) is 24.3 Å². The smallest absolute Gasteiger partial charge is 0.240 e. The lowest BCUT2D eigenvalue weighted by atomic mass is 9.86. The van der Waals surface area contributed by atoms with Crippen molar-refractivity contribution in [3.63, 3.8) is 0 Å². The predicted octanol–water partition coefficient (Wildman–Crippen LogP) is 2.66. The Balaban J connectivity index is 1.67. The number of rotatable bonds is 3. The van der Waals surface area contributed by atoms with Gasteiger partial charge in [0.15, 0.2) is 0 Å². The maximum atomic E-state index is 12.4. The Labute approximate surface area is 131 Å². The summed E-state index contributed by atoms with van der Waals surface area (Å²) in [7, 11) is 0. The molecular formula is C18H24N2O2. The Morgan fingerprint density at radius 2 is 2.00 bits per heavy atom. The van der Waals surface area contributed by atoms with Crippen molar-refractivity contribution in [1.82, 2.24) is 5.32 Å². The summed E-state index contributed by atoms with van der Waals surface area (Å²) in [5, 5.41) is 3.13. The Morgan fingerprint density at radius 1 is 1.23 bits per heavy atom. The Kier molecular flexibility index (Phi) is 4.46. The first-order valence-corrected chi connectivity index (χ1v) is 8.33. The van der Waals surface area contributed by atoms with E-state index in [0.717, 1.165) is 24.1 Å². The monoisotopic (exact) mass is 300 g/mol. The Hall–Kier alpha value is -1.84. The molecule has 0 unspecified atom stereocenters. The average Bonchev–Trinajstić information content (AvgIpc) is 2.52. The molecule has 4 nitrogen and oxygen atoms in total. The van der Waals surface area contributed by atoms with Gasteiger partial charge in [-0.05, 0) is 36.8 Å². The number of benzene rings is 1. The second-order valence-electron chi connectivity index (χ2n) is 6.54. The van der Waals surface area contributed by atoms with Crippen LogP contribution < -0.4 is 10.2 Å². The minimum atomic E-state index is -0.0381. The summed E-state index contributed by atoms with van der Waals surface area (Å²) >= 11 is 0. The minimum Gasteiger partial charge on any atom is -0.352 e. The molecule has 2 amide bonds.